The predicted molar refractivity (Wildman–Crippen MR) is 217 cm³/mol. The average molecular weight is 668 g/mol. The maximum absolute atomic E-state index is 2.43. The molecule has 51 heavy (non-hydrogen) atoms. The third-order valence-electron chi connectivity index (χ3n) is 10.6. The highest BCUT2D eigenvalue weighted by atomic mass is 32.1. The Balaban J connectivity index is 1.18. The highest BCUT2D eigenvalue weighted by Gasteiger charge is 2.45. The summed E-state index contributed by atoms with van der Waals surface area (Å²) in [4.78, 5) is 2.43. The van der Waals surface area contributed by atoms with E-state index in [0.29, 0.717) is 0 Å². The van der Waals surface area contributed by atoms with E-state index in [2.05, 4.69) is 205 Å². The second-order valence-electron chi connectivity index (χ2n) is 13.2. The number of thiophene rings is 1. The summed E-state index contributed by atoms with van der Waals surface area (Å²) in [5.41, 5.74) is 13.3. The number of nitrogens with zero attached hydrogens (tertiary/aromatic N) is 1. The van der Waals surface area contributed by atoms with Crippen molar-refractivity contribution in [2.75, 3.05) is 4.90 Å². The summed E-state index contributed by atoms with van der Waals surface area (Å²) in [6.07, 6.45) is 0. The first-order chi connectivity index (χ1) is 25.3. The summed E-state index contributed by atoms with van der Waals surface area (Å²) in [5, 5.41) is 2.58. The van der Waals surface area contributed by atoms with Crippen molar-refractivity contribution in [1.82, 2.24) is 0 Å². The van der Waals surface area contributed by atoms with Crippen molar-refractivity contribution in [3.8, 4) is 22.3 Å². The van der Waals surface area contributed by atoms with Gasteiger partial charge in [-0.3, -0.25) is 0 Å². The summed E-state index contributed by atoms with van der Waals surface area (Å²) >= 11 is 1.89. The molecule has 0 saturated heterocycles. The molecule has 9 aromatic rings. The average Bonchev–Trinajstić information content (AvgIpc) is 3.74. The Hall–Kier alpha value is -6.22. The van der Waals surface area contributed by atoms with Crippen LogP contribution in [-0.4, -0.2) is 0 Å². The van der Waals surface area contributed by atoms with Gasteiger partial charge in [-0.05, 0) is 74.8 Å². The van der Waals surface area contributed by atoms with E-state index in [9.17, 15) is 0 Å². The Morgan fingerprint density at radius 1 is 0.353 bits per heavy atom. The second kappa shape index (κ2) is 12.0. The van der Waals surface area contributed by atoms with Crippen molar-refractivity contribution < 1.29 is 0 Å². The molecule has 2 heteroatoms. The van der Waals surface area contributed by atoms with Gasteiger partial charge in [-0.15, -0.1) is 11.3 Å². The van der Waals surface area contributed by atoms with Crippen LogP contribution in [0.2, 0.25) is 0 Å². The quantitative estimate of drug-likeness (QED) is 0.171. The van der Waals surface area contributed by atoms with Crippen molar-refractivity contribution in [3.05, 3.63) is 222 Å². The van der Waals surface area contributed by atoms with Crippen molar-refractivity contribution >= 4 is 48.6 Å². The minimum atomic E-state index is -0.427. The first-order valence-corrected chi connectivity index (χ1v) is 18.3. The zero-order valence-corrected chi connectivity index (χ0v) is 28.7. The lowest BCUT2D eigenvalue weighted by Crippen LogP contribution is -2.28. The lowest BCUT2D eigenvalue weighted by atomic mass is 9.68. The largest absolute Gasteiger partial charge is 0.309 e. The molecule has 1 aliphatic rings. The Morgan fingerprint density at radius 3 is 1.51 bits per heavy atom. The van der Waals surface area contributed by atoms with E-state index in [-0.39, 0.29) is 0 Å². The molecule has 0 amide bonds. The van der Waals surface area contributed by atoms with Crippen molar-refractivity contribution in [3.63, 3.8) is 0 Å². The number of hydrogen-bond acceptors (Lipinski definition) is 2. The van der Waals surface area contributed by atoms with Gasteiger partial charge in [-0.2, -0.15) is 0 Å². The van der Waals surface area contributed by atoms with Gasteiger partial charge >= 0.3 is 0 Å². The summed E-state index contributed by atoms with van der Waals surface area (Å²) in [5.74, 6) is 0. The topological polar surface area (TPSA) is 3.24 Å². The summed E-state index contributed by atoms with van der Waals surface area (Å²) in [7, 11) is 0. The number of rotatable bonds is 6. The molecule has 0 aliphatic heterocycles. The van der Waals surface area contributed by atoms with Gasteiger partial charge < -0.3 is 4.90 Å². The lowest BCUT2D eigenvalue weighted by molar-refractivity contribution is 0.768. The molecule has 0 spiro atoms. The second-order valence-corrected chi connectivity index (χ2v) is 14.2. The zero-order chi connectivity index (χ0) is 33.8. The summed E-state index contributed by atoms with van der Waals surface area (Å²) in [6.45, 7) is 0. The third-order valence-corrected chi connectivity index (χ3v) is 11.8. The first kappa shape index (κ1) is 29.7. The van der Waals surface area contributed by atoms with Gasteiger partial charge in [-0.1, -0.05) is 170 Å². The van der Waals surface area contributed by atoms with Crippen molar-refractivity contribution in [1.29, 1.82) is 0 Å². The van der Waals surface area contributed by atoms with Gasteiger partial charge in [0, 0.05) is 26.8 Å². The molecule has 1 heterocycles. The van der Waals surface area contributed by atoms with E-state index in [4.69, 9.17) is 0 Å². The van der Waals surface area contributed by atoms with Crippen LogP contribution in [0.15, 0.2) is 200 Å². The molecule has 0 unspecified atom stereocenters. The van der Waals surface area contributed by atoms with E-state index in [1.54, 1.807) is 0 Å². The molecular weight excluding hydrogens is 635 g/mol. The maximum Gasteiger partial charge on any atom is 0.0713 e. The van der Waals surface area contributed by atoms with Crippen LogP contribution in [0.5, 0.6) is 0 Å². The highest BCUT2D eigenvalue weighted by Crippen LogP contribution is 2.56. The molecular formula is C49H33NS. The smallest absolute Gasteiger partial charge is 0.0713 e. The highest BCUT2D eigenvalue weighted by molar-refractivity contribution is 7.27. The van der Waals surface area contributed by atoms with E-state index >= 15 is 0 Å². The van der Waals surface area contributed by atoms with E-state index < -0.39 is 5.41 Å². The minimum Gasteiger partial charge on any atom is -0.309 e. The Bertz CT molecular complexity index is 2630. The predicted octanol–water partition coefficient (Wildman–Crippen LogP) is 13.6. The fourth-order valence-corrected chi connectivity index (χ4v) is 9.74. The Morgan fingerprint density at radius 2 is 0.843 bits per heavy atom. The van der Waals surface area contributed by atoms with Crippen molar-refractivity contribution in [2.45, 2.75) is 5.41 Å². The number of para-hydroxylation sites is 1. The molecule has 0 fully saturated rings. The van der Waals surface area contributed by atoms with Crippen LogP contribution in [0.25, 0.3) is 42.4 Å². The Kier molecular flexibility index (Phi) is 6.97. The molecule has 1 nitrogen and oxygen atoms in total. The molecule has 240 valence electrons. The standard InChI is InChI=1S/C49H33NS/c1-4-16-34(17-5-1)39-24-14-25-42-43-26-15-29-46(48(43)51-47(39)42)50(37-20-8-3-9-21-37)38-32-30-36(31-33-38)49(35-18-6-2-7-19-35)44-27-12-10-22-40(44)41-23-11-13-28-45(41)49/h1-33H. The van der Waals surface area contributed by atoms with Gasteiger partial charge in [0.25, 0.3) is 0 Å². The number of benzene rings is 8. The fraction of sp³-hybridized carbons (Fsp3) is 0.0204. The van der Waals surface area contributed by atoms with Gasteiger partial charge in [0.05, 0.1) is 15.8 Å². The summed E-state index contributed by atoms with van der Waals surface area (Å²) < 4.78 is 2.60. The van der Waals surface area contributed by atoms with Gasteiger partial charge in [0.1, 0.15) is 0 Å². The Labute approximate surface area is 302 Å². The molecule has 0 saturated carbocycles. The normalized spacial score (nSPS) is 12.9. The van der Waals surface area contributed by atoms with Gasteiger partial charge in [-0.25, -0.2) is 0 Å². The summed E-state index contributed by atoms with van der Waals surface area (Å²) in [6, 6.07) is 73.3. The van der Waals surface area contributed by atoms with Gasteiger partial charge in [0.2, 0.25) is 0 Å². The fourth-order valence-electron chi connectivity index (χ4n) is 8.40. The van der Waals surface area contributed by atoms with Crippen LogP contribution in [0.4, 0.5) is 17.1 Å². The monoisotopic (exact) mass is 667 g/mol. The van der Waals surface area contributed by atoms with E-state index in [1.165, 1.54) is 70.4 Å². The first-order valence-electron chi connectivity index (χ1n) is 17.5. The number of anilines is 3. The van der Waals surface area contributed by atoms with E-state index in [0.717, 1.165) is 11.4 Å². The zero-order valence-electron chi connectivity index (χ0n) is 27.9. The molecule has 0 atom stereocenters. The number of fused-ring (bicyclic) bond motifs is 6. The van der Waals surface area contributed by atoms with Gasteiger partial charge in [0.15, 0.2) is 0 Å². The van der Waals surface area contributed by atoms with Crippen LogP contribution < -0.4 is 4.90 Å². The van der Waals surface area contributed by atoms with E-state index in [1.807, 2.05) is 11.3 Å². The minimum absolute atomic E-state index is 0.427. The van der Waals surface area contributed by atoms with Crippen LogP contribution in [0.3, 0.4) is 0 Å². The molecule has 0 N–H and O–H groups in total. The third kappa shape index (κ3) is 4.54. The molecule has 0 radical (unpaired) electrons. The van der Waals surface area contributed by atoms with Crippen LogP contribution in [0, 0.1) is 0 Å². The molecule has 8 aromatic carbocycles. The maximum atomic E-state index is 2.43. The SMILES string of the molecule is c1ccc(-c2cccc3c2sc2c(N(c4ccccc4)c4ccc(C5(c6ccccc6)c6ccccc6-c6ccccc65)cc4)cccc23)cc1. The number of hydrogen-bond donors (Lipinski definition) is 0. The molecule has 1 aromatic heterocycles. The van der Waals surface area contributed by atoms with Crippen LogP contribution >= 0.6 is 11.3 Å². The van der Waals surface area contributed by atoms with Crippen LogP contribution in [-0.2, 0) is 5.41 Å². The van der Waals surface area contributed by atoms with Crippen LogP contribution in [0.1, 0.15) is 22.3 Å². The van der Waals surface area contributed by atoms with Crippen molar-refractivity contribution in [2.24, 2.45) is 0 Å². The lowest BCUT2D eigenvalue weighted by Gasteiger charge is -2.34. The molecule has 10 rings (SSSR count). The molecule has 0 bridgehead atoms. The molecule has 1 aliphatic carbocycles.